The van der Waals surface area contributed by atoms with Crippen molar-refractivity contribution in [3.8, 4) is 11.4 Å². The Morgan fingerprint density at radius 2 is 2.20 bits per heavy atom. The normalized spacial score (nSPS) is 11.2. The van der Waals surface area contributed by atoms with Crippen LogP contribution in [0.2, 0.25) is 0 Å². The van der Waals surface area contributed by atoms with E-state index in [2.05, 4.69) is 29.1 Å². The number of aryl methyl sites for hydroxylation is 1. The molecular weight excluding hydrogens is 210 g/mol. The molecule has 0 amide bonds. The first kappa shape index (κ1) is 10.1. The molecule has 0 spiro atoms. The van der Waals surface area contributed by atoms with E-state index in [9.17, 15) is 0 Å². The van der Waals surface area contributed by atoms with E-state index in [0.717, 1.165) is 11.4 Å². The minimum Gasteiger partial charge on any atom is -0.298 e. The lowest BCUT2D eigenvalue weighted by Crippen LogP contribution is -2.02. The summed E-state index contributed by atoms with van der Waals surface area (Å²) in [5.74, 6) is 0.836. The highest BCUT2D eigenvalue weighted by molar-refractivity contribution is 7.71. The van der Waals surface area contributed by atoms with Crippen molar-refractivity contribution in [2.24, 2.45) is 7.05 Å². The maximum Gasteiger partial charge on any atom is 0.195 e. The number of hydrogen-bond donors (Lipinski definition) is 1. The third-order valence-corrected chi connectivity index (χ3v) is 2.47. The highest BCUT2D eigenvalue weighted by atomic mass is 32.1. The first-order chi connectivity index (χ1) is 7.09. The maximum absolute atomic E-state index is 5.17. The van der Waals surface area contributed by atoms with Crippen LogP contribution in [0, 0.1) is 4.77 Å². The molecule has 0 saturated heterocycles. The van der Waals surface area contributed by atoms with Gasteiger partial charge in [0.1, 0.15) is 0 Å². The van der Waals surface area contributed by atoms with E-state index in [1.54, 1.807) is 10.9 Å². The first-order valence-electron chi connectivity index (χ1n) is 4.75. The highest BCUT2D eigenvalue weighted by Crippen LogP contribution is 2.19. The molecule has 0 atom stereocenters. The van der Waals surface area contributed by atoms with Crippen molar-refractivity contribution in [2.75, 3.05) is 0 Å². The minimum absolute atomic E-state index is 0.284. The van der Waals surface area contributed by atoms with Crippen LogP contribution in [-0.2, 0) is 7.05 Å². The van der Waals surface area contributed by atoms with Crippen molar-refractivity contribution < 1.29 is 0 Å². The van der Waals surface area contributed by atoms with Crippen LogP contribution in [0.1, 0.15) is 19.9 Å². The molecule has 0 aliphatic heterocycles. The minimum atomic E-state index is 0.284. The molecule has 15 heavy (non-hydrogen) atoms. The lowest BCUT2D eigenvalue weighted by molar-refractivity contribution is 0.597. The molecule has 80 valence electrons. The molecule has 6 heteroatoms. The summed E-state index contributed by atoms with van der Waals surface area (Å²) in [4.78, 5) is 0. The Balaban J connectivity index is 2.58. The van der Waals surface area contributed by atoms with Gasteiger partial charge in [-0.15, -0.1) is 0 Å². The molecule has 2 aromatic rings. The number of rotatable bonds is 2. The summed E-state index contributed by atoms with van der Waals surface area (Å²) >= 11 is 5.17. The fraction of sp³-hybridized carbons (Fsp3) is 0.444. The average molecular weight is 223 g/mol. The van der Waals surface area contributed by atoms with Crippen molar-refractivity contribution in [3.63, 3.8) is 0 Å². The van der Waals surface area contributed by atoms with Crippen LogP contribution in [-0.4, -0.2) is 24.5 Å². The Kier molecular flexibility index (Phi) is 2.44. The zero-order chi connectivity index (χ0) is 11.0. The molecule has 2 aromatic heterocycles. The summed E-state index contributed by atoms with van der Waals surface area (Å²) < 4.78 is 4.37. The van der Waals surface area contributed by atoms with Crippen molar-refractivity contribution in [1.82, 2.24) is 24.5 Å². The van der Waals surface area contributed by atoms with E-state index in [1.807, 2.05) is 17.8 Å². The van der Waals surface area contributed by atoms with Crippen LogP contribution in [0.25, 0.3) is 11.4 Å². The van der Waals surface area contributed by atoms with Gasteiger partial charge in [0.25, 0.3) is 0 Å². The highest BCUT2D eigenvalue weighted by Gasteiger charge is 2.12. The van der Waals surface area contributed by atoms with Gasteiger partial charge in [-0.05, 0) is 26.1 Å². The van der Waals surface area contributed by atoms with Crippen LogP contribution < -0.4 is 0 Å². The average Bonchev–Trinajstić information content (AvgIpc) is 2.71. The topological polar surface area (TPSA) is 51.4 Å². The molecule has 0 aliphatic carbocycles. The van der Waals surface area contributed by atoms with Crippen molar-refractivity contribution in [1.29, 1.82) is 0 Å². The standard InChI is InChI=1S/C9H13N5S/c1-6(2)14-8(11-12-9(14)15)7-4-10-13(3)5-7/h4-6H,1-3H3,(H,12,15). The molecular formula is C9H13N5S. The monoisotopic (exact) mass is 223 g/mol. The molecule has 0 fully saturated rings. The van der Waals surface area contributed by atoms with Gasteiger partial charge >= 0.3 is 0 Å². The summed E-state index contributed by atoms with van der Waals surface area (Å²) in [6.07, 6.45) is 3.70. The van der Waals surface area contributed by atoms with E-state index >= 15 is 0 Å². The third kappa shape index (κ3) is 1.72. The zero-order valence-corrected chi connectivity index (χ0v) is 9.75. The van der Waals surface area contributed by atoms with Gasteiger partial charge in [-0.25, -0.2) is 0 Å². The van der Waals surface area contributed by atoms with Gasteiger partial charge in [-0.3, -0.25) is 14.3 Å². The number of nitrogens with zero attached hydrogens (tertiary/aromatic N) is 4. The van der Waals surface area contributed by atoms with E-state index in [-0.39, 0.29) is 6.04 Å². The van der Waals surface area contributed by atoms with Gasteiger partial charge in [-0.2, -0.15) is 10.2 Å². The molecule has 5 nitrogen and oxygen atoms in total. The number of H-pyrrole nitrogens is 1. The van der Waals surface area contributed by atoms with Gasteiger partial charge in [-0.1, -0.05) is 0 Å². The van der Waals surface area contributed by atoms with Gasteiger partial charge in [0, 0.05) is 19.3 Å². The fourth-order valence-electron chi connectivity index (χ4n) is 1.52. The third-order valence-electron chi connectivity index (χ3n) is 2.18. The quantitative estimate of drug-likeness (QED) is 0.791. The molecule has 1 N–H and O–H groups in total. The zero-order valence-electron chi connectivity index (χ0n) is 8.93. The van der Waals surface area contributed by atoms with E-state index in [1.165, 1.54) is 0 Å². The predicted molar refractivity (Wildman–Crippen MR) is 60.0 cm³/mol. The van der Waals surface area contributed by atoms with Crippen LogP contribution in [0.4, 0.5) is 0 Å². The lowest BCUT2D eigenvalue weighted by atomic mass is 10.3. The van der Waals surface area contributed by atoms with Gasteiger partial charge < -0.3 is 0 Å². The van der Waals surface area contributed by atoms with E-state index < -0.39 is 0 Å². The summed E-state index contributed by atoms with van der Waals surface area (Å²) in [6, 6.07) is 0.284. The van der Waals surface area contributed by atoms with Crippen molar-refractivity contribution in [3.05, 3.63) is 17.2 Å². The summed E-state index contributed by atoms with van der Waals surface area (Å²) in [5.41, 5.74) is 0.971. The molecule has 0 aromatic carbocycles. The SMILES string of the molecule is CC(C)n1c(-c2cnn(C)c2)n[nH]c1=S. The molecule has 0 aliphatic rings. The van der Waals surface area contributed by atoms with Crippen LogP contribution in [0.15, 0.2) is 12.4 Å². The summed E-state index contributed by atoms with van der Waals surface area (Å²) in [5, 5.41) is 11.1. The number of aromatic amines is 1. The molecule has 2 rings (SSSR count). The summed E-state index contributed by atoms with van der Waals surface area (Å²) in [6.45, 7) is 4.15. The summed E-state index contributed by atoms with van der Waals surface area (Å²) in [7, 11) is 1.88. The predicted octanol–water partition coefficient (Wildman–Crippen LogP) is 1.92. The van der Waals surface area contributed by atoms with E-state index in [4.69, 9.17) is 12.2 Å². The van der Waals surface area contributed by atoms with Crippen LogP contribution in [0.3, 0.4) is 0 Å². The molecule has 0 unspecified atom stereocenters. The first-order valence-corrected chi connectivity index (χ1v) is 5.16. The molecule has 0 bridgehead atoms. The Labute approximate surface area is 92.7 Å². The second-order valence-electron chi connectivity index (χ2n) is 3.72. The second-order valence-corrected chi connectivity index (χ2v) is 4.11. The van der Waals surface area contributed by atoms with Gasteiger partial charge in [0.2, 0.25) is 0 Å². The van der Waals surface area contributed by atoms with Crippen LogP contribution in [0.5, 0.6) is 0 Å². The number of nitrogens with one attached hydrogen (secondary N) is 1. The smallest absolute Gasteiger partial charge is 0.195 e. The van der Waals surface area contributed by atoms with Crippen molar-refractivity contribution in [2.45, 2.75) is 19.9 Å². The largest absolute Gasteiger partial charge is 0.298 e. The van der Waals surface area contributed by atoms with Crippen molar-refractivity contribution >= 4 is 12.2 Å². The Bertz CT molecular complexity index is 519. The Morgan fingerprint density at radius 3 is 2.73 bits per heavy atom. The molecule has 0 radical (unpaired) electrons. The number of aromatic nitrogens is 5. The fourth-order valence-corrected chi connectivity index (χ4v) is 1.87. The molecule has 0 saturated carbocycles. The van der Waals surface area contributed by atoms with E-state index in [0.29, 0.717) is 4.77 Å². The maximum atomic E-state index is 5.17. The van der Waals surface area contributed by atoms with Gasteiger partial charge in [0.15, 0.2) is 10.6 Å². The van der Waals surface area contributed by atoms with Gasteiger partial charge in [0.05, 0.1) is 11.8 Å². The second kappa shape index (κ2) is 3.62. The Morgan fingerprint density at radius 1 is 1.47 bits per heavy atom. The lowest BCUT2D eigenvalue weighted by Gasteiger charge is -2.08. The Hall–Kier alpha value is -1.43. The van der Waals surface area contributed by atoms with Crippen LogP contribution >= 0.6 is 12.2 Å². The number of hydrogen-bond acceptors (Lipinski definition) is 3. The molecule has 2 heterocycles.